The van der Waals surface area contributed by atoms with Crippen molar-refractivity contribution >= 4 is 11.8 Å². The minimum atomic E-state index is 0.147. The van der Waals surface area contributed by atoms with E-state index in [4.69, 9.17) is 4.74 Å². The Hall–Kier alpha value is -1.76. The molecular weight excluding hydrogens is 196 g/mol. The molecule has 0 saturated heterocycles. The van der Waals surface area contributed by atoms with Crippen LogP contribution in [0, 0.1) is 0 Å². The molecule has 1 atom stereocenters. The summed E-state index contributed by atoms with van der Waals surface area (Å²) in [5.41, 5.74) is 4.34. The summed E-state index contributed by atoms with van der Waals surface area (Å²) in [6.07, 6.45) is 10.9. The highest BCUT2D eigenvalue weighted by molar-refractivity contribution is 5.75. The minimum absolute atomic E-state index is 0.147. The molecule has 4 rings (SSSR count). The van der Waals surface area contributed by atoms with Gasteiger partial charge in [0.15, 0.2) is 0 Å². The van der Waals surface area contributed by atoms with Gasteiger partial charge in [-0.3, -0.25) is 0 Å². The van der Waals surface area contributed by atoms with Gasteiger partial charge in [-0.25, -0.2) is 0 Å². The van der Waals surface area contributed by atoms with E-state index in [1.165, 1.54) is 27.1 Å². The van der Waals surface area contributed by atoms with Gasteiger partial charge in [-0.1, -0.05) is 30.4 Å². The summed E-state index contributed by atoms with van der Waals surface area (Å²) in [5, 5.41) is 2.67. The lowest BCUT2D eigenvalue weighted by molar-refractivity contribution is 0.273. The van der Waals surface area contributed by atoms with Gasteiger partial charge in [0, 0.05) is 10.8 Å². The lowest BCUT2D eigenvalue weighted by Crippen LogP contribution is -2.41. The van der Waals surface area contributed by atoms with E-state index in [0.29, 0.717) is 0 Å². The van der Waals surface area contributed by atoms with E-state index in [-0.39, 0.29) is 6.10 Å². The predicted molar refractivity (Wildman–Crippen MR) is 64.0 cm³/mol. The fourth-order valence-corrected chi connectivity index (χ4v) is 2.95. The molecule has 1 aromatic rings. The second-order valence-electron chi connectivity index (χ2n) is 4.55. The van der Waals surface area contributed by atoms with Gasteiger partial charge < -0.3 is 4.74 Å². The average molecular weight is 208 g/mol. The molecule has 3 aliphatic rings. The summed E-state index contributed by atoms with van der Waals surface area (Å²) in [5.74, 6) is 0. The number of benzene rings is 1. The SMILES string of the molecule is C1=CC2OC=c3cccc4c3=C2C(=C1)CC4. The second kappa shape index (κ2) is 2.88. The zero-order valence-electron chi connectivity index (χ0n) is 8.94. The molecule has 16 heavy (non-hydrogen) atoms. The van der Waals surface area contributed by atoms with Crippen LogP contribution in [0.5, 0.6) is 0 Å². The van der Waals surface area contributed by atoms with E-state index in [0.717, 1.165) is 12.8 Å². The third-order valence-electron chi connectivity index (χ3n) is 3.67. The number of aryl methyl sites for hydroxylation is 1. The lowest BCUT2D eigenvalue weighted by Gasteiger charge is -2.29. The maximum Gasteiger partial charge on any atom is 0.142 e. The van der Waals surface area contributed by atoms with Crippen molar-refractivity contribution in [2.45, 2.75) is 18.9 Å². The smallest absolute Gasteiger partial charge is 0.142 e. The number of allylic oxidation sites excluding steroid dienone is 2. The quantitative estimate of drug-likeness (QED) is 0.626. The zero-order chi connectivity index (χ0) is 10.5. The van der Waals surface area contributed by atoms with Crippen LogP contribution in [0.3, 0.4) is 0 Å². The third-order valence-corrected chi connectivity index (χ3v) is 3.67. The van der Waals surface area contributed by atoms with Gasteiger partial charge in [0.1, 0.15) is 6.10 Å². The first kappa shape index (κ1) is 8.40. The number of hydrogen-bond acceptors (Lipinski definition) is 1. The Labute approximate surface area is 94.1 Å². The average Bonchev–Trinajstić information content (AvgIpc) is 2.36. The molecule has 1 heteroatoms. The first-order chi connectivity index (χ1) is 7.93. The van der Waals surface area contributed by atoms with Gasteiger partial charge in [-0.15, -0.1) is 0 Å². The summed E-state index contributed by atoms with van der Waals surface area (Å²) in [6, 6.07) is 6.52. The predicted octanol–water partition coefficient (Wildman–Crippen LogP) is 1.42. The van der Waals surface area contributed by atoms with E-state index in [1.54, 1.807) is 0 Å². The monoisotopic (exact) mass is 208 g/mol. The standard InChI is InChI=1S/C15H12O/c1-3-10-7-8-11-4-2-6-13-15(11)14(10)12(5-1)9-16-13/h1-6,9,13H,7-8H2. The van der Waals surface area contributed by atoms with Crippen LogP contribution in [-0.4, -0.2) is 6.10 Å². The van der Waals surface area contributed by atoms with Gasteiger partial charge in [0.25, 0.3) is 0 Å². The van der Waals surface area contributed by atoms with Crippen molar-refractivity contribution in [1.29, 1.82) is 0 Å². The van der Waals surface area contributed by atoms with Crippen molar-refractivity contribution in [3.63, 3.8) is 0 Å². The topological polar surface area (TPSA) is 9.23 Å². The molecule has 0 radical (unpaired) electrons. The van der Waals surface area contributed by atoms with Crippen LogP contribution < -0.4 is 10.4 Å². The largest absolute Gasteiger partial charge is 0.489 e. The molecule has 0 saturated carbocycles. The molecule has 78 valence electrons. The number of ether oxygens (including phenoxy) is 1. The van der Waals surface area contributed by atoms with Crippen LogP contribution in [0.2, 0.25) is 0 Å². The van der Waals surface area contributed by atoms with Crippen LogP contribution in [0.1, 0.15) is 12.0 Å². The van der Waals surface area contributed by atoms with Crippen LogP contribution in [0.4, 0.5) is 0 Å². The fourth-order valence-electron chi connectivity index (χ4n) is 2.95. The molecular formula is C15H12O. The zero-order valence-corrected chi connectivity index (χ0v) is 8.94. The van der Waals surface area contributed by atoms with Crippen molar-refractivity contribution in [2.75, 3.05) is 0 Å². The molecule has 1 unspecified atom stereocenters. The van der Waals surface area contributed by atoms with Crippen molar-refractivity contribution in [2.24, 2.45) is 0 Å². The molecule has 0 fully saturated rings. The van der Waals surface area contributed by atoms with E-state index in [9.17, 15) is 0 Å². The Morgan fingerprint density at radius 1 is 1.19 bits per heavy atom. The highest BCUT2D eigenvalue weighted by atomic mass is 16.5. The highest BCUT2D eigenvalue weighted by Gasteiger charge is 2.26. The molecule has 0 bridgehead atoms. The summed E-state index contributed by atoms with van der Waals surface area (Å²) in [7, 11) is 0. The van der Waals surface area contributed by atoms with E-state index < -0.39 is 0 Å². The summed E-state index contributed by atoms with van der Waals surface area (Å²) in [4.78, 5) is 0. The maximum absolute atomic E-state index is 5.78. The van der Waals surface area contributed by atoms with Gasteiger partial charge >= 0.3 is 0 Å². The van der Waals surface area contributed by atoms with Crippen molar-refractivity contribution in [3.8, 4) is 0 Å². The highest BCUT2D eigenvalue weighted by Crippen LogP contribution is 2.30. The molecule has 1 nitrogen and oxygen atoms in total. The normalized spacial score (nSPS) is 24.1. The van der Waals surface area contributed by atoms with Crippen LogP contribution in [0.25, 0.3) is 11.8 Å². The molecule has 1 aliphatic heterocycles. The summed E-state index contributed by atoms with van der Waals surface area (Å²) >= 11 is 0. The van der Waals surface area contributed by atoms with Gasteiger partial charge in [-0.05, 0) is 35.3 Å². The van der Waals surface area contributed by atoms with Gasteiger partial charge in [0.05, 0.1) is 6.26 Å². The lowest BCUT2D eigenvalue weighted by atomic mass is 9.82. The van der Waals surface area contributed by atoms with Crippen LogP contribution >= 0.6 is 0 Å². The third kappa shape index (κ3) is 0.955. The van der Waals surface area contributed by atoms with Crippen LogP contribution in [-0.2, 0) is 11.2 Å². The first-order valence-electron chi connectivity index (χ1n) is 5.79. The number of hydrogen-bond donors (Lipinski definition) is 0. The Bertz CT molecular complexity index is 647. The molecule has 0 amide bonds. The van der Waals surface area contributed by atoms with E-state index in [1.807, 2.05) is 6.26 Å². The number of rotatable bonds is 0. The van der Waals surface area contributed by atoms with Crippen LogP contribution in [0.15, 0.2) is 42.0 Å². The van der Waals surface area contributed by atoms with Crippen molar-refractivity contribution < 1.29 is 4.74 Å². The Morgan fingerprint density at radius 3 is 3.19 bits per heavy atom. The van der Waals surface area contributed by atoms with Crippen molar-refractivity contribution in [1.82, 2.24) is 0 Å². The molecule has 2 aliphatic carbocycles. The Morgan fingerprint density at radius 2 is 2.19 bits per heavy atom. The minimum Gasteiger partial charge on any atom is -0.489 e. The van der Waals surface area contributed by atoms with Gasteiger partial charge in [-0.2, -0.15) is 0 Å². The molecule has 0 N–H and O–H groups in total. The first-order valence-corrected chi connectivity index (χ1v) is 5.79. The Balaban J connectivity index is 2.23. The summed E-state index contributed by atoms with van der Waals surface area (Å²) in [6.45, 7) is 0. The summed E-state index contributed by atoms with van der Waals surface area (Å²) < 4.78 is 5.78. The molecule has 1 heterocycles. The second-order valence-corrected chi connectivity index (χ2v) is 4.55. The fraction of sp³-hybridized carbons (Fsp3) is 0.200. The molecule has 0 spiro atoms. The van der Waals surface area contributed by atoms with E-state index >= 15 is 0 Å². The van der Waals surface area contributed by atoms with Crippen molar-refractivity contribution in [3.05, 3.63) is 58.0 Å². The van der Waals surface area contributed by atoms with E-state index in [2.05, 4.69) is 36.4 Å². The maximum atomic E-state index is 5.78. The van der Waals surface area contributed by atoms with Gasteiger partial charge in [0.2, 0.25) is 0 Å². The molecule has 0 aromatic heterocycles. The Kier molecular flexibility index (Phi) is 1.51. The molecule has 1 aromatic carbocycles.